The van der Waals surface area contributed by atoms with Gasteiger partial charge < -0.3 is 10.1 Å². The molecule has 0 fully saturated rings. The topological polar surface area (TPSA) is 55.4 Å². The van der Waals surface area contributed by atoms with Gasteiger partial charge in [-0.15, -0.1) is 11.3 Å². The van der Waals surface area contributed by atoms with Crippen molar-refractivity contribution in [1.82, 2.24) is 0 Å². The van der Waals surface area contributed by atoms with Gasteiger partial charge in [-0.2, -0.15) is 0 Å². The highest BCUT2D eigenvalue weighted by atomic mass is 35.5. The summed E-state index contributed by atoms with van der Waals surface area (Å²) >= 11 is 7.35. The Labute approximate surface area is 166 Å². The van der Waals surface area contributed by atoms with Crippen LogP contribution in [0.2, 0.25) is 5.02 Å². The average Bonchev–Trinajstić information content (AvgIpc) is 3.07. The molecule has 27 heavy (non-hydrogen) atoms. The fraction of sp³-hybridized carbons (Fsp3) is 0.400. The molecule has 1 aromatic heterocycles. The van der Waals surface area contributed by atoms with Crippen LogP contribution in [0.5, 0.6) is 0 Å². The van der Waals surface area contributed by atoms with Gasteiger partial charge in [0.2, 0.25) is 0 Å². The van der Waals surface area contributed by atoms with E-state index in [0.29, 0.717) is 10.8 Å². The molecule has 0 bridgehead atoms. The number of fused-ring (bicyclic) bond motifs is 1. The van der Waals surface area contributed by atoms with E-state index < -0.39 is 23.8 Å². The van der Waals surface area contributed by atoms with E-state index in [2.05, 4.69) is 12.2 Å². The summed E-state index contributed by atoms with van der Waals surface area (Å²) in [6.45, 7) is 3.68. The number of rotatable bonds is 5. The molecular weight excluding hydrogens is 389 g/mol. The van der Waals surface area contributed by atoms with E-state index in [1.54, 1.807) is 0 Å². The van der Waals surface area contributed by atoms with Crippen LogP contribution in [0, 0.1) is 11.7 Å². The van der Waals surface area contributed by atoms with Crippen LogP contribution in [-0.4, -0.2) is 18.0 Å². The summed E-state index contributed by atoms with van der Waals surface area (Å²) in [5.41, 5.74) is 1.49. The van der Waals surface area contributed by atoms with E-state index in [4.69, 9.17) is 16.3 Å². The molecule has 4 nitrogen and oxygen atoms in total. The van der Waals surface area contributed by atoms with Gasteiger partial charge in [0.05, 0.1) is 10.7 Å². The highest BCUT2D eigenvalue weighted by Crippen LogP contribution is 2.34. The fourth-order valence-electron chi connectivity index (χ4n) is 3.15. The zero-order chi connectivity index (χ0) is 19.6. The monoisotopic (exact) mass is 409 g/mol. The zero-order valence-corrected chi connectivity index (χ0v) is 16.8. The van der Waals surface area contributed by atoms with Crippen LogP contribution in [0.1, 0.15) is 46.8 Å². The highest BCUT2D eigenvalue weighted by Gasteiger charge is 2.25. The summed E-state index contributed by atoms with van der Waals surface area (Å²) in [5, 5.41) is 2.63. The molecule has 1 N–H and O–H groups in total. The van der Waals surface area contributed by atoms with Gasteiger partial charge in [0.1, 0.15) is 10.7 Å². The van der Waals surface area contributed by atoms with Gasteiger partial charge in [-0.3, -0.25) is 4.79 Å². The lowest BCUT2D eigenvalue weighted by Crippen LogP contribution is -2.29. The molecule has 1 aromatic carbocycles. The van der Waals surface area contributed by atoms with Crippen LogP contribution in [0.4, 0.5) is 10.1 Å². The normalized spacial score (nSPS) is 17.1. The Kier molecular flexibility index (Phi) is 6.17. The Morgan fingerprint density at radius 1 is 1.41 bits per heavy atom. The molecule has 144 valence electrons. The number of ether oxygens (including phenoxy) is 1. The van der Waals surface area contributed by atoms with Crippen LogP contribution >= 0.6 is 22.9 Å². The number of benzene rings is 1. The van der Waals surface area contributed by atoms with Crippen molar-refractivity contribution in [3.05, 3.63) is 50.4 Å². The highest BCUT2D eigenvalue weighted by molar-refractivity contribution is 7.14. The molecule has 1 amide bonds. The Bertz CT molecular complexity index is 867. The van der Waals surface area contributed by atoms with E-state index in [1.807, 2.05) is 6.07 Å². The first-order valence-electron chi connectivity index (χ1n) is 8.95. The summed E-state index contributed by atoms with van der Waals surface area (Å²) in [6.07, 6.45) is 3.27. The Morgan fingerprint density at radius 2 is 2.19 bits per heavy atom. The second-order valence-electron chi connectivity index (χ2n) is 6.74. The number of carbonyl (C=O) groups is 2. The second kappa shape index (κ2) is 8.40. The molecule has 1 aliphatic rings. The molecule has 1 heterocycles. The summed E-state index contributed by atoms with van der Waals surface area (Å²) in [5.74, 6) is -0.856. The lowest BCUT2D eigenvalue weighted by atomic mass is 9.87. The molecule has 2 atom stereocenters. The van der Waals surface area contributed by atoms with E-state index >= 15 is 0 Å². The lowest BCUT2D eigenvalue weighted by molar-refractivity contribution is -0.123. The van der Waals surface area contributed by atoms with Crippen molar-refractivity contribution in [3.63, 3.8) is 0 Å². The fourth-order valence-corrected chi connectivity index (χ4v) is 4.45. The van der Waals surface area contributed by atoms with Gasteiger partial charge in [0, 0.05) is 4.88 Å². The second-order valence-corrected chi connectivity index (χ2v) is 8.28. The first kappa shape index (κ1) is 19.8. The van der Waals surface area contributed by atoms with Crippen molar-refractivity contribution < 1.29 is 18.7 Å². The van der Waals surface area contributed by atoms with Crippen molar-refractivity contribution in [1.29, 1.82) is 0 Å². The van der Waals surface area contributed by atoms with Crippen LogP contribution in [0.3, 0.4) is 0 Å². The van der Waals surface area contributed by atoms with Crippen molar-refractivity contribution in [2.45, 2.75) is 45.6 Å². The molecule has 0 aliphatic heterocycles. The molecule has 0 spiro atoms. The third-order valence-corrected chi connectivity index (χ3v) is 6.34. The van der Waals surface area contributed by atoms with E-state index in [0.717, 1.165) is 31.7 Å². The number of thiophene rings is 1. The summed E-state index contributed by atoms with van der Waals surface area (Å²) in [6, 6.07) is 5.55. The number of aryl methyl sites for hydroxylation is 1. The molecule has 0 saturated heterocycles. The minimum Gasteiger partial charge on any atom is -0.448 e. The van der Waals surface area contributed by atoms with Gasteiger partial charge >= 0.3 is 5.97 Å². The van der Waals surface area contributed by atoms with Crippen molar-refractivity contribution in [3.8, 4) is 0 Å². The Hall–Kier alpha value is -1.92. The molecule has 3 rings (SSSR count). The maximum atomic E-state index is 13.1. The lowest BCUT2D eigenvalue weighted by Gasteiger charge is -2.19. The number of nitrogens with one attached hydrogen (secondary N) is 1. The Morgan fingerprint density at radius 3 is 2.89 bits per heavy atom. The number of hydrogen-bond acceptors (Lipinski definition) is 4. The van der Waals surface area contributed by atoms with Gasteiger partial charge in [-0.25, -0.2) is 9.18 Å². The van der Waals surface area contributed by atoms with Gasteiger partial charge in [0.15, 0.2) is 6.10 Å². The van der Waals surface area contributed by atoms with Crippen molar-refractivity contribution in [2.75, 3.05) is 5.32 Å². The van der Waals surface area contributed by atoms with E-state index in [9.17, 15) is 14.0 Å². The number of amides is 1. The number of halogens is 2. The largest absolute Gasteiger partial charge is 0.448 e. The molecule has 0 saturated carbocycles. The van der Waals surface area contributed by atoms with Gasteiger partial charge in [-0.1, -0.05) is 24.9 Å². The SMILES string of the molecule is CC[C@H]1CCc2sc(C(=O)O[C@@H](C)C(=O)Nc3ccc(F)cc3Cl)cc2C1. The maximum absolute atomic E-state index is 13.1. The Balaban J connectivity index is 1.62. The van der Waals surface area contributed by atoms with E-state index in [-0.39, 0.29) is 10.7 Å². The van der Waals surface area contributed by atoms with Crippen LogP contribution < -0.4 is 5.32 Å². The summed E-state index contributed by atoms with van der Waals surface area (Å²) < 4.78 is 18.4. The van der Waals surface area contributed by atoms with Crippen molar-refractivity contribution in [2.24, 2.45) is 5.92 Å². The van der Waals surface area contributed by atoms with Crippen molar-refractivity contribution >= 4 is 40.5 Å². The number of anilines is 1. The summed E-state index contributed by atoms with van der Waals surface area (Å²) in [4.78, 5) is 26.4. The molecule has 2 aromatic rings. The minimum atomic E-state index is -0.999. The molecule has 0 radical (unpaired) electrons. The van der Waals surface area contributed by atoms with Crippen LogP contribution in [0.25, 0.3) is 0 Å². The maximum Gasteiger partial charge on any atom is 0.349 e. The summed E-state index contributed by atoms with van der Waals surface area (Å²) in [7, 11) is 0. The minimum absolute atomic E-state index is 0.0817. The van der Waals surface area contributed by atoms with Crippen LogP contribution in [-0.2, 0) is 22.4 Å². The molecule has 0 unspecified atom stereocenters. The predicted octanol–water partition coefficient (Wildman–Crippen LogP) is 5.24. The zero-order valence-electron chi connectivity index (χ0n) is 15.2. The first-order valence-corrected chi connectivity index (χ1v) is 10.1. The smallest absolute Gasteiger partial charge is 0.349 e. The van der Waals surface area contributed by atoms with E-state index in [1.165, 1.54) is 40.8 Å². The quantitative estimate of drug-likeness (QED) is 0.687. The molecular formula is C20H21ClFNO3S. The third kappa shape index (κ3) is 4.68. The molecule has 7 heteroatoms. The first-order chi connectivity index (χ1) is 12.9. The number of carbonyl (C=O) groups excluding carboxylic acids is 2. The third-order valence-electron chi connectivity index (χ3n) is 4.81. The van der Waals surface area contributed by atoms with Crippen LogP contribution in [0.15, 0.2) is 24.3 Å². The number of hydrogen-bond donors (Lipinski definition) is 1. The van der Waals surface area contributed by atoms with Gasteiger partial charge in [0.25, 0.3) is 5.91 Å². The standard InChI is InChI=1S/C20H21ClFNO3S/c1-3-12-4-7-17-13(8-12)9-18(27-17)20(25)26-11(2)19(24)23-16-6-5-14(22)10-15(16)21/h5-6,9-12H,3-4,7-8H2,1-2H3,(H,23,24)/t11-,12-/m0/s1. The predicted molar refractivity (Wildman–Crippen MR) is 105 cm³/mol. The van der Waals surface area contributed by atoms with Gasteiger partial charge in [-0.05, 0) is 61.9 Å². The average molecular weight is 410 g/mol. The molecule has 1 aliphatic carbocycles. The number of esters is 1.